The van der Waals surface area contributed by atoms with Crippen molar-refractivity contribution in [3.05, 3.63) is 91.3 Å². The number of halogens is 1. The quantitative estimate of drug-likeness (QED) is 0.184. The number of hydrogen-bond acceptors (Lipinski definition) is 8. The number of anilines is 6. The SMILES string of the molecule is C=CC(=O)Nc1cccc(-c2nc(Nc3cccc(N4CCOCC4)c3)nc3[nH]nc(Nc4cccc(F)c4)c23)c1. The van der Waals surface area contributed by atoms with Crippen LogP contribution in [0.15, 0.2) is 85.5 Å². The van der Waals surface area contributed by atoms with Crippen LogP contribution in [0.5, 0.6) is 0 Å². The van der Waals surface area contributed by atoms with Crippen molar-refractivity contribution in [3.8, 4) is 11.3 Å². The molecule has 1 aliphatic heterocycles. The summed E-state index contributed by atoms with van der Waals surface area (Å²) in [5.74, 6) is 0.0899. The van der Waals surface area contributed by atoms with Gasteiger partial charge < -0.3 is 25.6 Å². The van der Waals surface area contributed by atoms with Crippen LogP contribution in [0.25, 0.3) is 22.3 Å². The second kappa shape index (κ2) is 11.4. The highest BCUT2D eigenvalue weighted by atomic mass is 19.1. The fourth-order valence-corrected chi connectivity index (χ4v) is 4.66. The largest absolute Gasteiger partial charge is 0.378 e. The van der Waals surface area contributed by atoms with E-state index in [1.54, 1.807) is 18.2 Å². The highest BCUT2D eigenvalue weighted by Gasteiger charge is 2.19. The van der Waals surface area contributed by atoms with E-state index >= 15 is 0 Å². The monoisotopic (exact) mass is 550 g/mol. The van der Waals surface area contributed by atoms with Gasteiger partial charge in [0.25, 0.3) is 0 Å². The number of carbonyl (C=O) groups is 1. The van der Waals surface area contributed by atoms with Gasteiger partial charge in [-0.15, -0.1) is 0 Å². The lowest BCUT2D eigenvalue weighted by Gasteiger charge is -2.29. The van der Waals surface area contributed by atoms with E-state index in [1.807, 2.05) is 36.4 Å². The molecule has 11 heteroatoms. The molecule has 0 atom stereocenters. The molecule has 10 nitrogen and oxygen atoms in total. The number of carbonyl (C=O) groups excluding carboxylic acids is 1. The molecule has 1 amide bonds. The lowest BCUT2D eigenvalue weighted by molar-refractivity contribution is -0.111. The van der Waals surface area contributed by atoms with Crippen LogP contribution in [0.3, 0.4) is 0 Å². The molecule has 2 aromatic heterocycles. The summed E-state index contributed by atoms with van der Waals surface area (Å²) >= 11 is 0. The second-order valence-electron chi connectivity index (χ2n) is 9.38. The van der Waals surface area contributed by atoms with E-state index in [-0.39, 0.29) is 11.7 Å². The summed E-state index contributed by atoms with van der Waals surface area (Å²) in [4.78, 5) is 23.8. The third kappa shape index (κ3) is 5.85. The van der Waals surface area contributed by atoms with E-state index in [1.165, 1.54) is 18.2 Å². The average molecular weight is 551 g/mol. The summed E-state index contributed by atoms with van der Waals surface area (Å²) in [6, 6.07) is 21.4. The Hall–Kier alpha value is -5.29. The van der Waals surface area contributed by atoms with Crippen molar-refractivity contribution in [1.29, 1.82) is 0 Å². The molecule has 0 unspecified atom stereocenters. The molecule has 0 bridgehead atoms. The summed E-state index contributed by atoms with van der Waals surface area (Å²) in [5, 5.41) is 17.3. The minimum atomic E-state index is -0.372. The van der Waals surface area contributed by atoms with Gasteiger partial charge in [0.1, 0.15) is 5.82 Å². The molecule has 0 radical (unpaired) electrons. The highest BCUT2D eigenvalue weighted by molar-refractivity contribution is 6.02. The Morgan fingerprint density at radius 3 is 2.51 bits per heavy atom. The first-order chi connectivity index (χ1) is 20.1. The van der Waals surface area contributed by atoms with Gasteiger partial charge in [0, 0.05) is 41.4 Å². The molecule has 6 rings (SSSR count). The minimum Gasteiger partial charge on any atom is -0.378 e. The number of aromatic nitrogens is 4. The van der Waals surface area contributed by atoms with Crippen LogP contribution < -0.4 is 20.9 Å². The lowest BCUT2D eigenvalue weighted by atomic mass is 10.1. The third-order valence-corrected chi connectivity index (χ3v) is 6.57. The number of aromatic amines is 1. The number of ether oxygens (including phenoxy) is 1. The Balaban J connectivity index is 1.41. The predicted octanol–water partition coefficient (Wildman–Crippen LogP) is 5.61. The molecule has 206 valence electrons. The minimum absolute atomic E-state index is 0.325. The Labute approximate surface area is 235 Å². The highest BCUT2D eigenvalue weighted by Crippen LogP contribution is 2.34. The maximum absolute atomic E-state index is 13.9. The summed E-state index contributed by atoms with van der Waals surface area (Å²) in [6.07, 6.45) is 1.21. The van der Waals surface area contributed by atoms with Gasteiger partial charge >= 0.3 is 0 Å². The van der Waals surface area contributed by atoms with Crippen molar-refractivity contribution in [2.45, 2.75) is 0 Å². The van der Waals surface area contributed by atoms with Crippen LogP contribution in [0.2, 0.25) is 0 Å². The van der Waals surface area contributed by atoms with Crippen LogP contribution in [-0.2, 0) is 9.53 Å². The molecule has 3 aromatic carbocycles. The fourth-order valence-electron chi connectivity index (χ4n) is 4.66. The number of nitrogens with zero attached hydrogens (tertiary/aromatic N) is 4. The van der Waals surface area contributed by atoms with Gasteiger partial charge in [-0.25, -0.2) is 9.37 Å². The summed E-state index contributed by atoms with van der Waals surface area (Å²) in [7, 11) is 0. The average Bonchev–Trinajstić information content (AvgIpc) is 3.39. The molecule has 4 N–H and O–H groups in total. The summed E-state index contributed by atoms with van der Waals surface area (Å²) in [6.45, 7) is 6.55. The smallest absolute Gasteiger partial charge is 0.247 e. The van der Waals surface area contributed by atoms with E-state index in [9.17, 15) is 9.18 Å². The zero-order valence-electron chi connectivity index (χ0n) is 22.0. The van der Waals surface area contributed by atoms with Gasteiger partial charge in [-0.1, -0.05) is 30.8 Å². The number of H-pyrrole nitrogens is 1. The van der Waals surface area contributed by atoms with Gasteiger partial charge in [-0.05, 0) is 54.6 Å². The van der Waals surface area contributed by atoms with Crippen LogP contribution >= 0.6 is 0 Å². The Kier molecular flexibility index (Phi) is 7.25. The van der Waals surface area contributed by atoms with E-state index in [2.05, 4.69) is 43.7 Å². The normalized spacial score (nSPS) is 13.1. The number of morpholine rings is 1. The van der Waals surface area contributed by atoms with Crippen molar-refractivity contribution in [1.82, 2.24) is 20.2 Å². The zero-order chi connectivity index (χ0) is 28.2. The van der Waals surface area contributed by atoms with Crippen molar-refractivity contribution in [2.75, 3.05) is 47.2 Å². The van der Waals surface area contributed by atoms with E-state index in [0.29, 0.717) is 58.6 Å². The molecule has 41 heavy (non-hydrogen) atoms. The van der Waals surface area contributed by atoms with Crippen LogP contribution in [0.1, 0.15) is 0 Å². The first kappa shape index (κ1) is 26.0. The Bertz CT molecular complexity index is 1730. The van der Waals surface area contributed by atoms with Crippen molar-refractivity contribution < 1.29 is 13.9 Å². The molecule has 1 saturated heterocycles. The van der Waals surface area contributed by atoms with Gasteiger partial charge in [-0.3, -0.25) is 9.89 Å². The Morgan fingerprint density at radius 2 is 1.71 bits per heavy atom. The molecular formula is C30H27FN8O2. The third-order valence-electron chi connectivity index (χ3n) is 6.57. The Morgan fingerprint density at radius 1 is 0.951 bits per heavy atom. The van der Waals surface area contributed by atoms with Crippen molar-refractivity contribution >= 4 is 51.5 Å². The van der Waals surface area contributed by atoms with Crippen LogP contribution in [0, 0.1) is 5.82 Å². The van der Waals surface area contributed by atoms with Gasteiger partial charge in [-0.2, -0.15) is 10.1 Å². The molecule has 0 spiro atoms. The second-order valence-corrected chi connectivity index (χ2v) is 9.38. The number of amides is 1. The van der Waals surface area contributed by atoms with E-state index < -0.39 is 0 Å². The van der Waals surface area contributed by atoms with Crippen molar-refractivity contribution in [2.24, 2.45) is 0 Å². The molecule has 3 heterocycles. The molecule has 1 fully saturated rings. The van der Waals surface area contributed by atoms with E-state index in [4.69, 9.17) is 14.7 Å². The predicted molar refractivity (Wildman–Crippen MR) is 158 cm³/mol. The standard InChI is InChI=1S/C30H27FN8O2/c1-2-25(40)32-21-8-3-6-19(16-21)27-26-28(33-22-9-4-7-20(31)17-22)37-38-29(26)36-30(35-27)34-23-10-5-11-24(18-23)39-12-14-41-15-13-39/h2-11,16-18H,1,12-15H2,(H,32,40)(H3,33,34,35,36,37,38). The van der Waals surface area contributed by atoms with E-state index in [0.717, 1.165) is 24.5 Å². The fraction of sp³-hybridized carbons (Fsp3) is 0.133. The number of hydrogen-bond donors (Lipinski definition) is 4. The zero-order valence-corrected chi connectivity index (χ0v) is 22.0. The maximum atomic E-state index is 13.9. The number of nitrogens with one attached hydrogen (secondary N) is 4. The molecule has 0 aliphatic carbocycles. The molecular weight excluding hydrogens is 523 g/mol. The molecule has 1 aliphatic rings. The number of fused-ring (bicyclic) bond motifs is 1. The number of rotatable bonds is 8. The van der Waals surface area contributed by atoms with Crippen LogP contribution in [0.4, 0.5) is 38.9 Å². The van der Waals surface area contributed by atoms with Crippen molar-refractivity contribution in [3.63, 3.8) is 0 Å². The van der Waals surface area contributed by atoms with Gasteiger partial charge in [0.15, 0.2) is 11.5 Å². The van der Waals surface area contributed by atoms with Crippen LogP contribution in [-0.4, -0.2) is 52.4 Å². The maximum Gasteiger partial charge on any atom is 0.247 e. The molecule has 0 saturated carbocycles. The number of benzene rings is 3. The van der Waals surface area contributed by atoms with Gasteiger partial charge in [0.05, 0.1) is 24.3 Å². The summed E-state index contributed by atoms with van der Waals surface area (Å²) in [5.41, 5.74) is 4.75. The first-order valence-electron chi connectivity index (χ1n) is 13.1. The first-order valence-corrected chi connectivity index (χ1v) is 13.1. The topological polar surface area (TPSA) is 120 Å². The van der Waals surface area contributed by atoms with Gasteiger partial charge in [0.2, 0.25) is 11.9 Å². The summed E-state index contributed by atoms with van der Waals surface area (Å²) < 4.78 is 19.4. The lowest BCUT2D eigenvalue weighted by Crippen LogP contribution is -2.36. The molecule has 5 aromatic rings.